The number of nitrogens with one attached hydrogen (secondary N) is 1. The van der Waals surface area contributed by atoms with Crippen molar-refractivity contribution in [2.24, 2.45) is 5.92 Å². The van der Waals surface area contributed by atoms with Gasteiger partial charge in [-0.3, -0.25) is 9.88 Å². The van der Waals surface area contributed by atoms with Crippen molar-refractivity contribution in [2.45, 2.75) is 37.8 Å². The second kappa shape index (κ2) is 5.80. The van der Waals surface area contributed by atoms with Crippen LogP contribution in [0.25, 0.3) is 0 Å². The van der Waals surface area contributed by atoms with Crippen molar-refractivity contribution in [3.63, 3.8) is 0 Å². The molecule has 20 heavy (non-hydrogen) atoms. The largest absolute Gasteiger partial charge is 0.382 e. The van der Waals surface area contributed by atoms with Crippen molar-refractivity contribution in [1.82, 2.24) is 15.2 Å². The van der Waals surface area contributed by atoms with Gasteiger partial charge in [0, 0.05) is 19.3 Å². The van der Waals surface area contributed by atoms with E-state index < -0.39 is 5.60 Å². The van der Waals surface area contributed by atoms with Gasteiger partial charge in [0.05, 0.1) is 11.7 Å². The van der Waals surface area contributed by atoms with E-state index in [1.807, 2.05) is 18.2 Å². The van der Waals surface area contributed by atoms with Crippen molar-refractivity contribution in [3.8, 4) is 0 Å². The quantitative estimate of drug-likeness (QED) is 0.856. The van der Waals surface area contributed by atoms with Crippen molar-refractivity contribution < 1.29 is 5.11 Å². The molecule has 0 aliphatic carbocycles. The van der Waals surface area contributed by atoms with Crippen LogP contribution in [-0.4, -0.2) is 47.2 Å². The summed E-state index contributed by atoms with van der Waals surface area (Å²) in [5, 5.41) is 14.7. The zero-order chi connectivity index (χ0) is 14.0. The zero-order valence-electron chi connectivity index (χ0n) is 12.3. The van der Waals surface area contributed by atoms with Gasteiger partial charge in [0.25, 0.3) is 0 Å². The van der Waals surface area contributed by atoms with Crippen LogP contribution in [0.4, 0.5) is 0 Å². The first-order valence-electron chi connectivity index (χ1n) is 7.79. The van der Waals surface area contributed by atoms with Crippen LogP contribution < -0.4 is 5.32 Å². The van der Waals surface area contributed by atoms with Crippen molar-refractivity contribution >= 4 is 0 Å². The molecule has 0 spiro atoms. The van der Waals surface area contributed by atoms with E-state index in [1.165, 1.54) is 12.8 Å². The molecule has 1 aromatic rings. The molecule has 0 amide bonds. The summed E-state index contributed by atoms with van der Waals surface area (Å²) >= 11 is 0. The number of rotatable bonds is 2. The highest BCUT2D eigenvalue weighted by atomic mass is 16.3. The molecule has 2 aliphatic rings. The third-order valence-electron chi connectivity index (χ3n) is 4.81. The monoisotopic (exact) mass is 275 g/mol. The summed E-state index contributed by atoms with van der Waals surface area (Å²) in [6, 6.07) is 5.98. The second-order valence-corrected chi connectivity index (χ2v) is 6.35. The Morgan fingerprint density at radius 1 is 1.45 bits per heavy atom. The Balaban J connectivity index is 1.87. The second-order valence-electron chi connectivity index (χ2n) is 6.35. The van der Waals surface area contributed by atoms with Crippen LogP contribution in [-0.2, 0) is 5.60 Å². The molecule has 3 rings (SSSR count). The molecule has 2 N–H and O–H groups in total. The highest BCUT2D eigenvalue weighted by Crippen LogP contribution is 2.34. The van der Waals surface area contributed by atoms with Crippen molar-refractivity contribution in [3.05, 3.63) is 30.1 Å². The van der Waals surface area contributed by atoms with E-state index in [0.29, 0.717) is 0 Å². The minimum Gasteiger partial charge on any atom is -0.382 e. The summed E-state index contributed by atoms with van der Waals surface area (Å²) in [5.41, 5.74) is 0.00792. The minimum absolute atomic E-state index is 0.133. The Labute approximate surface area is 121 Å². The van der Waals surface area contributed by atoms with Crippen LogP contribution >= 0.6 is 0 Å². The lowest BCUT2D eigenvalue weighted by molar-refractivity contribution is -0.0839. The van der Waals surface area contributed by atoms with E-state index in [9.17, 15) is 5.11 Å². The fraction of sp³-hybridized carbons (Fsp3) is 0.688. The molecule has 2 fully saturated rings. The Morgan fingerprint density at radius 2 is 2.35 bits per heavy atom. The van der Waals surface area contributed by atoms with E-state index in [1.54, 1.807) is 6.20 Å². The Morgan fingerprint density at radius 3 is 3.10 bits per heavy atom. The Kier molecular flexibility index (Phi) is 4.06. The molecule has 110 valence electrons. The van der Waals surface area contributed by atoms with Crippen LogP contribution in [0.5, 0.6) is 0 Å². The summed E-state index contributed by atoms with van der Waals surface area (Å²) in [5.74, 6) is 0.721. The smallest absolute Gasteiger partial charge is 0.124 e. The first-order valence-corrected chi connectivity index (χ1v) is 7.79. The number of piperidine rings is 2. The van der Waals surface area contributed by atoms with E-state index in [-0.39, 0.29) is 6.04 Å². The molecule has 2 aliphatic heterocycles. The molecular formula is C16H25N3O. The predicted octanol–water partition coefficient (Wildman–Crippen LogP) is 1.36. The average molecular weight is 275 g/mol. The van der Waals surface area contributed by atoms with Crippen LogP contribution in [0.2, 0.25) is 0 Å². The molecule has 0 radical (unpaired) electrons. The van der Waals surface area contributed by atoms with Crippen LogP contribution in [0.3, 0.4) is 0 Å². The van der Waals surface area contributed by atoms with E-state index in [2.05, 4.69) is 22.1 Å². The predicted molar refractivity (Wildman–Crippen MR) is 79.4 cm³/mol. The minimum atomic E-state index is -0.816. The molecule has 4 nitrogen and oxygen atoms in total. The van der Waals surface area contributed by atoms with E-state index in [4.69, 9.17) is 0 Å². The highest BCUT2D eigenvalue weighted by Gasteiger charge is 2.45. The highest BCUT2D eigenvalue weighted by molar-refractivity contribution is 5.18. The van der Waals surface area contributed by atoms with Crippen molar-refractivity contribution in [2.75, 3.05) is 26.2 Å². The van der Waals surface area contributed by atoms with E-state index in [0.717, 1.165) is 44.2 Å². The molecule has 3 atom stereocenters. The first-order chi connectivity index (χ1) is 9.70. The van der Waals surface area contributed by atoms with Gasteiger partial charge in [-0.2, -0.15) is 0 Å². The number of aliphatic hydroxyl groups is 1. The fourth-order valence-corrected chi connectivity index (χ4v) is 3.71. The summed E-state index contributed by atoms with van der Waals surface area (Å²) in [4.78, 5) is 6.90. The molecule has 3 unspecified atom stereocenters. The topological polar surface area (TPSA) is 48.4 Å². The third-order valence-corrected chi connectivity index (χ3v) is 4.81. The van der Waals surface area contributed by atoms with Gasteiger partial charge in [-0.15, -0.1) is 0 Å². The number of nitrogens with zero attached hydrogens (tertiary/aromatic N) is 2. The lowest BCUT2D eigenvalue weighted by atomic mass is 9.81. The summed E-state index contributed by atoms with van der Waals surface area (Å²) in [7, 11) is 0. The number of aromatic nitrogens is 1. The van der Waals surface area contributed by atoms with Gasteiger partial charge in [-0.1, -0.05) is 13.0 Å². The Hall–Kier alpha value is -0.970. The van der Waals surface area contributed by atoms with Gasteiger partial charge in [0.1, 0.15) is 5.60 Å². The number of pyridine rings is 1. The average Bonchev–Trinajstić information content (AvgIpc) is 2.48. The molecule has 2 saturated heterocycles. The normalized spacial score (nSPS) is 35.9. The van der Waals surface area contributed by atoms with Gasteiger partial charge in [-0.25, -0.2) is 0 Å². The lowest BCUT2D eigenvalue weighted by Crippen LogP contribution is -2.61. The number of hydrogen-bond donors (Lipinski definition) is 2. The van der Waals surface area contributed by atoms with Crippen LogP contribution in [0.15, 0.2) is 24.4 Å². The SMILES string of the molecule is CC1CCCN(C2CNCCC2(O)c2ccccn2)C1. The molecular weight excluding hydrogens is 250 g/mol. The molecule has 0 bridgehead atoms. The maximum atomic E-state index is 11.3. The van der Waals surface area contributed by atoms with Gasteiger partial charge >= 0.3 is 0 Å². The lowest BCUT2D eigenvalue weighted by Gasteiger charge is -2.48. The molecule has 0 saturated carbocycles. The third kappa shape index (κ3) is 2.60. The van der Waals surface area contributed by atoms with Crippen LogP contribution in [0.1, 0.15) is 31.9 Å². The van der Waals surface area contributed by atoms with Gasteiger partial charge in [0.2, 0.25) is 0 Å². The fourth-order valence-electron chi connectivity index (χ4n) is 3.71. The first kappa shape index (κ1) is 14.0. The van der Waals surface area contributed by atoms with Crippen LogP contribution in [0, 0.1) is 5.92 Å². The maximum Gasteiger partial charge on any atom is 0.124 e. The number of hydrogen-bond acceptors (Lipinski definition) is 4. The molecule has 3 heterocycles. The van der Waals surface area contributed by atoms with Gasteiger partial charge in [-0.05, 0) is 50.4 Å². The van der Waals surface area contributed by atoms with Crippen molar-refractivity contribution in [1.29, 1.82) is 0 Å². The standard InChI is InChI=1S/C16H25N3O/c1-13-5-4-10-19(12-13)15-11-17-9-7-16(15,20)14-6-2-3-8-18-14/h2-3,6,8,13,15,17,20H,4-5,7,9-12H2,1H3. The number of likely N-dealkylation sites (tertiary alicyclic amines) is 1. The van der Waals surface area contributed by atoms with Gasteiger partial charge in [0.15, 0.2) is 0 Å². The van der Waals surface area contributed by atoms with E-state index >= 15 is 0 Å². The summed E-state index contributed by atoms with van der Waals surface area (Å²) < 4.78 is 0. The molecule has 0 aromatic carbocycles. The summed E-state index contributed by atoms with van der Waals surface area (Å²) in [6.45, 7) is 6.18. The molecule has 4 heteroatoms. The molecule has 1 aromatic heterocycles. The zero-order valence-corrected chi connectivity index (χ0v) is 12.3. The van der Waals surface area contributed by atoms with Gasteiger partial charge < -0.3 is 10.4 Å². The maximum absolute atomic E-state index is 11.3. The summed E-state index contributed by atoms with van der Waals surface area (Å²) in [6.07, 6.45) is 5.05. The Bertz CT molecular complexity index is 439.